The van der Waals surface area contributed by atoms with Gasteiger partial charge in [0.15, 0.2) is 0 Å². The van der Waals surface area contributed by atoms with Crippen LogP contribution in [-0.2, 0) is 17.8 Å². The molecule has 1 aliphatic heterocycles. The number of hydrogen-bond acceptors (Lipinski definition) is 6. The fourth-order valence-corrected chi connectivity index (χ4v) is 4.04. The van der Waals surface area contributed by atoms with Crippen LogP contribution in [-0.4, -0.2) is 59.1 Å². The Morgan fingerprint density at radius 2 is 1.94 bits per heavy atom. The minimum Gasteiger partial charge on any atom is -0.497 e. The van der Waals surface area contributed by atoms with Crippen molar-refractivity contribution in [2.24, 2.45) is 0 Å². The number of aromatic amines is 1. The third-order valence-electron chi connectivity index (χ3n) is 5.90. The summed E-state index contributed by atoms with van der Waals surface area (Å²) in [6.07, 6.45) is 4.02. The molecule has 0 saturated carbocycles. The highest BCUT2D eigenvalue weighted by Crippen LogP contribution is 2.25. The number of benzene rings is 2. The number of methoxy groups -OCH3 is 1. The summed E-state index contributed by atoms with van der Waals surface area (Å²) in [5.41, 5.74) is 3.73. The summed E-state index contributed by atoms with van der Waals surface area (Å²) in [7, 11) is 1.61. The largest absolute Gasteiger partial charge is 0.497 e. The van der Waals surface area contributed by atoms with Crippen molar-refractivity contribution in [1.82, 2.24) is 19.8 Å². The molecule has 33 heavy (non-hydrogen) atoms. The lowest BCUT2D eigenvalue weighted by molar-refractivity contribution is 0.0588. The number of carbonyl (C=O) groups is 1. The molecule has 1 atom stereocenters. The van der Waals surface area contributed by atoms with Crippen molar-refractivity contribution < 1.29 is 14.3 Å². The summed E-state index contributed by atoms with van der Waals surface area (Å²) in [5.74, 6) is 0.740. The molecule has 1 aliphatic rings. The number of H-pyrrole nitrogens is 1. The van der Waals surface area contributed by atoms with Gasteiger partial charge in [-0.15, -0.1) is 0 Å². The molecule has 1 unspecified atom stereocenters. The number of hydrogen-bond donors (Lipinski definition) is 1. The van der Waals surface area contributed by atoms with Crippen LogP contribution in [0.15, 0.2) is 61.1 Å². The van der Waals surface area contributed by atoms with E-state index in [2.05, 4.69) is 20.9 Å². The van der Waals surface area contributed by atoms with Crippen LogP contribution in [0.2, 0.25) is 0 Å². The minimum atomic E-state index is -0.303. The first-order chi connectivity index (χ1) is 16.2. The van der Waals surface area contributed by atoms with Gasteiger partial charge in [-0.25, -0.2) is 9.78 Å². The summed E-state index contributed by atoms with van der Waals surface area (Å²) in [4.78, 5) is 24.1. The van der Waals surface area contributed by atoms with E-state index < -0.39 is 0 Å². The summed E-state index contributed by atoms with van der Waals surface area (Å²) >= 11 is 0. The van der Waals surface area contributed by atoms with E-state index in [4.69, 9.17) is 14.7 Å². The Balaban J connectivity index is 1.34. The summed E-state index contributed by atoms with van der Waals surface area (Å²) < 4.78 is 10.7. The number of ether oxygens (including phenoxy) is 2. The van der Waals surface area contributed by atoms with E-state index in [1.54, 1.807) is 18.3 Å². The van der Waals surface area contributed by atoms with Crippen molar-refractivity contribution in [3.8, 4) is 11.8 Å². The predicted octanol–water partition coefficient (Wildman–Crippen LogP) is 3.53. The molecular weight excluding hydrogens is 418 g/mol. The van der Waals surface area contributed by atoms with Crippen LogP contribution in [0, 0.1) is 11.3 Å². The SMILES string of the molecule is COc1cccc(COC(=O)N2CCN(C(Cc3ccc(C#N)cc3)c3cnc[nH]3)CC2)c1. The van der Waals surface area contributed by atoms with Crippen LogP contribution in [0.5, 0.6) is 5.75 Å². The third-order valence-corrected chi connectivity index (χ3v) is 5.90. The summed E-state index contributed by atoms with van der Waals surface area (Å²) in [5, 5.41) is 9.04. The summed E-state index contributed by atoms with van der Waals surface area (Å²) in [6, 6.07) is 17.5. The van der Waals surface area contributed by atoms with Crippen molar-refractivity contribution in [3.63, 3.8) is 0 Å². The first-order valence-corrected chi connectivity index (χ1v) is 10.9. The zero-order valence-electron chi connectivity index (χ0n) is 18.6. The van der Waals surface area contributed by atoms with Crippen LogP contribution in [0.1, 0.15) is 28.4 Å². The Morgan fingerprint density at radius 1 is 1.15 bits per heavy atom. The van der Waals surface area contributed by atoms with Gasteiger partial charge in [0.25, 0.3) is 0 Å². The van der Waals surface area contributed by atoms with Gasteiger partial charge >= 0.3 is 6.09 Å². The number of amides is 1. The van der Waals surface area contributed by atoms with Crippen molar-refractivity contribution >= 4 is 6.09 Å². The van der Waals surface area contributed by atoms with Crippen LogP contribution < -0.4 is 4.74 Å². The number of piperazine rings is 1. The Morgan fingerprint density at radius 3 is 2.61 bits per heavy atom. The molecule has 2 aromatic carbocycles. The predicted molar refractivity (Wildman–Crippen MR) is 123 cm³/mol. The van der Waals surface area contributed by atoms with Crippen molar-refractivity contribution in [3.05, 3.63) is 83.4 Å². The number of aromatic nitrogens is 2. The van der Waals surface area contributed by atoms with Gasteiger partial charge in [-0.05, 0) is 41.8 Å². The van der Waals surface area contributed by atoms with E-state index in [0.29, 0.717) is 18.7 Å². The van der Waals surface area contributed by atoms with E-state index in [-0.39, 0.29) is 18.7 Å². The van der Waals surface area contributed by atoms with Crippen molar-refractivity contribution in [1.29, 1.82) is 5.26 Å². The number of imidazole rings is 1. The quantitative estimate of drug-likeness (QED) is 0.598. The molecule has 170 valence electrons. The highest BCUT2D eigenvalue weighted by Gasteiger charge is 2.28. The smallest absolute Gasteiger partial charge is 0.410 e. The summed E-state index contributed by atoms with van der Waals surface area (Å²) in [6.45, 7) is 2.86. The highest BCUT2D eigenvalue weighted by molar-refractivity contribution is 5.67. The fourth-order valence-electron chi connectivity index (χ4n) is 4.04. The zero-order valence-corrected chi connectivity index (χ0v) is 18.6. The van der Waals surface area contributed by atoms with Crippen molar-refractivity contribution in [2.75, 3.05) is 33.3 Å². The number of nitrogens with zero attached hydrogens (tertiary/aromatic N) is 4. The molecule has 2 heterocycles. The van der Waals surface area contributed by atoms with Gasteiger partial charge in [0, 0.05) is 32.4 Å². The van der Waals surface area contributed by atoms with Gasteiger partial charge in [-0.3, -0.25) is 4.90 Å². The molecule has 0 spiro atoms. The van der Waals surface area contributed by atoms with Gasteiger partial charge in [0.1, 0.15) is 12.4 Å². The average molecular weight is 446 g/mol. The second-order valence-corrected chi connectivity index (χ2v) is 7.96. The van der Waals surface area contributed by atoms with Crippen LogP contribution >= 0.6 is 0 Å². The molecular formula is C25H27N5O3. The Hall–Kier alpha value is -3.83. The lowest BCUT2D eigenvalue weighted by atomic mass is 10.0. The minimum absolute atomic E-state index is 0.107. The number of rotatable bonds is 7. The Kier molecular flexibility index (Phi) is 7.22. The maximum absolute atomic E-state index is 12.6. The lowest BCUT2D eigenvalue weighted by Crippen LogP contribution is -2.50. The van der Waals surface area contributed by atoms with Gasteiger partial charge in [-0.2, -0.15) is 5.26 Å². The van der Waals surface area contributed by atoms with Crippen LogP contribution in [0.4, 0.5) is 4.79 Å². The van der Waals surface area contributed by atoms with Gasteiger partial charge in [-0.1, -0.05) is 24.3 Å². The maximum Gasteiger partial charge on any atom is 0.410 e. The monoisotopic (exact) mass is 445 g/mol. The second kappa shape index (κ2) is 10.7. The molecule has 1 fully saturated rings. The average Bonchev–Trinajstić information content (AvgIpc) is 3.41. The van der Waals surface area contributed by atoms with E-state index >= 15 is 0 Å². The molecule has 4 rings (SSSR count). The first kappa shape index (κ1) is 22.4. The number of nitriles is 1. The van der Waals surface area contributed by atoms with E-state index in [9.17, 15) is 4.79 Å². The molecule has 1 amide bonds. The van der Waals surface area contributed by atoms with Gasteiger partial charge < -0.3 is 19.4 Å². The molecule has 1 N–H and O–H groups in total. The zero-order chi connectivity index (χ0) is 23.0. The molecule has 8 nitrogen and oxygen atoms in total. The van der Waals surface area contributed by atoms with Crippen LogP contribution in [0.3, 0.4) is 0 Å². The Labute approximate surface area is 193 Å². The number of nitrogens with one attached hydrogen (secondary N) is 1. The molecule has 0 aliphatic carbocycles. The molecule has 0 radical (unpaired) electrons. The third kappa shape index (κ3) is 5.70. The first-order valence-electron chi connectivity index (χ1n) is 10.9. The van der Waals surface area contributed by atoms with Gasteiger partial charge in [0.05, 0.1) is 36.8 Å². The van der Waals surface area contributed by atoms with Crippen LogP contribution in [0.25, 0.3) is 0 Å². The standard InChI is InChI=1S/C25H27N5O3/c1-32-22-4-2-3-21(13-22)17-33-25(31)30-11-9-29(10-12-30)24(23-16-27-18-28-23)14-19-5-7-20(15-26)8-6-19/h2-8,13,16,18,24H,9-12,14,17H2,1H3,(H,27,28). The van der Waals surface area contributed by atoms with Crippen molar-refractivity contribution in [2.45, 2.75) is 19.1 Å². The van der Waals surface area contributed by atoms with Gasteiger partial charge in [0.2, 0.25) is 0 Å². The normalized spacial score (nSPS) is 15.0. The maximum atomic E-state index is 12.6. The lowest BCUT2D eigenvalue weighted by Gasteiger charge is -2.38. The molecule has 1 saturated heterocycles. The Bertz CT molecular complexity index is 1080. The van der Waals surface area contributed by atoms with E-state index in [0.717, 1.165) is 42.1 Å². The number of carbonyl (C=O) groups excluding carboxylic acids is 1. The van der Waals surface area contributed by atoms with E-state index in [1.165, 1.54) is 0 Å². The van der Waals surface area contributed by atoms with E-state index in [1.807, 2.05) is 54.7 Å². The molecule has 8 heteroatoms. The fraction of sp³-hybridized carbons (Fsp3) is 0.320. The highest BCUT2D eigenvalue weighted by atomic mass is 16.6. The molecule has 1 aromatic heterocycles. The molecule has 0 bridgehead atoms. The second-order valence-electron chi connectivity index (χ2n) is 7.96. The molecule has 3 aromatic rings. The topological polar surface area (TPSA) is 94.5 Å².